The molecule has 0 saturated heterocycles. The SMILES string of the molecule is C1CCC(P(C2CCCCC2)C2CCCCC2)CC1.C1CCC(P(C2CCCCC2)C2CCCCC2)CC1.O=C(O)C(F)(F)F. The van der Waals surface area contributed by atoms with Crippen molar-refractivity contribution in [2.24, 2.45) is 0 Å². The van der Waals surface area contributed by atoms with Gasteiger partial charge in [-0.1, -0.05) is 131 Å². The molecule has 0 bridgehead atoms. The average molecular weight is 675 g/mol. The van der Waals surface area contributed by atoms with Gasteiger partial charge in [0.1, 0.15) is 0 Å². The topological polar surface area (TPSA) is 37.3 Å². The zero-order valence-corrected chi connectivity index (χ0v) is 30.3. The van der Waals surface area contributed by atoms with E-state index in [1.807, 2.05) is 0 Å². The summed E-state index contributed by atoms with van der Waals surface area (Å²) in [5.74, 6) is -2.76. The van der Waals surface area contributed by atoms with E-state index in [2.05, 4.69) is 0 Å². The molecule has 7 heteroatoms. The molecule has 1 N–H and O–H groups in total. The lowest BCUT2D eigenvalue weighted by Crippen LogP contribution is -2.28. The van der Waals surface area contributed by atoms with Crippen LogP contribution in [0.3, 0.4) is 0 Å². The Morgan fingerprint density at radius 2 is 0.511 bits per heavy atom. The Kier molecular flexibility index (Phi) is 17.4. The molecular formula is C38H67F3O2P2. The van der Waals surface area contributed by atoms with Crippen LogP contribution in [0.5, 0.6) is 0 Å². The fraction of sp³-hybridized carbons (Fsp3) is 0.974. The highest BCUT2D eigenvalue weighted by Gasteiger charge is 2.39. The van der Waals surface area contributed by atoms with Gasteiger partial charge in [0.25, 0.3) is 0 Å². The van der Waals surface area contributed by atoms with Crippen molar-refractivity contribution in [2.75, 3.05) is 0 Å². The molecule has 0 unspecified atom stereocenters. The normalized spacial score (nSPS) is 26.2. The number of carbonyl (C=O) groups is 1. The van der Waals surface area contributed by atoms with Crippen molar-refractivity contribution in [3.05, 3.63) is 0 Å². The van der Waals surface area contributed by atoms with Crippen LogP contribution in [0.15, 0.2) is 0 Å². The van der Waals surface area contributed by atoms with Gasteiger partial charge in [-0.05, 0) is 111 Å². The van der Waals surface area contributed by atoms with Gasteiger partial charge in [0, 0.05) is 0 Å². The second kappa shape index (κ2) is 20.6. The lowest BCUT2D eigenvalue weighted by atomic mass is 9.99. The fourth-order valence-corrected chi connectivity index (χ4v) is 19.4. The highest BCUT2D eigenvalue weighted by Crippen LogP contribution is 2.63. The summed E-state index contributed by atoms with van der Waals surface area (Å²) in [6.45, 7) is 0. The predicted molar refractivity (Wildman–Crippen MR) is 189 cm³/mol. The average Bonchev–Trinajstić information content (AvgIpc) is 3.08. The Balaban J connectivity index is 0.000000170. The molecule has 0 aromatic heterocycles. The summed E-state index contributed by atoms with van der Waals surface area (Å²) < 4.78 is 31.7. The smallest absolute Gasteiger partial charge is 0.475 e. The van der Waals surface area contributed by atoms with E-state index in [0.717, 1.165) is 0 Å². The molecule has 0 aromatic carbocycles. The van der Waals surface area contributed by atoms with Crippen LogP contribution >= 0.6 is 15.8 Å². The molecule has 6 fully saturated rings. The number of rotatable bonds is 6. The molecule has 2 nitrogen and oxygen atoms in total. The van der Waals surface area contributed by atoms with Gasteiger partial charge < -0.3 is 5.11 Å². The lowest BCUT2D eigenvalue weighted by molar-refractivity contribution is -0.192. The van der Waals surface area contributed by atoms with E-state index in [1.165, 1.54) is 72.5 Å². The third-order valence-corrected chi connectivity index (χ3v) is 20.4. The Labute approximate surface area is 277 Å². The van der Waals surface area contributed by atoms with Crippen LogP contribution in [0.4, 0.5) is 13.2 Å². The summed E-state index contributed by atoms with van der Waals surface area (Å²) in [4.78, 5) is 8.90. The first-order valence-electron chi connectivity index (χ1n) is 19.7. The van der Waals surface area contributed by atoms with Crippen molar-refractivity contribution < 1.29 is 23.1 Å². The summed E-state index contributed by atoms with van der Waals surface area (Å²) in [6.07, 6.45) is 42.2. The summed E-state index contributed by atoms with van der Waals surface area (Å²) in [6, 6.07) is 0. The molecule has 6 rings (SSSR count). The van der Waals surface area contributed by atoms with E-state index < -0.39 is 12.1 Å². The molecule has 0 radical (unpaired) electrons. The molecular weight excluding hydrogens is 607 g/mol. The van der Waals surface area contributed by atoms with Gasteiger partial charge in [-0.3, -0.25) is 0 Å². The second-order valence-corrected chi connectivity index (χ2v) is 21.6. The third-order valence-electron chi connectivity index (χ3n) is 12.2. The van der Waals surface area contributed by atoms with Crippen molar-refractivity contribution in [3.63, 3.8) is 0 Å². The molecule has 0 aliphatic heterocycles. The highest BCUT2D eigenvalue weighted by molar-refractivity contribution is 7.60. The minimum absolute atomic E-state index is 0.385. The number of alkyl halides is 3. The van der Waals surface area contributed by atoms with Crippen molar-refractivity contribution in [1.29, 1.82) is 0 Å². The maximum atomic E-state index is 10.6. The van der Waals surface area contributed by atoms with E-state index in [1.54, 1.807) is 154 Å². The molecule has 6 saturated carbocycles. The Morgan fingerprint density at radius 1 is 0.378 bits per heavy atom. The molecule has 0 heterocycles. The number of aliphatic carboxylic acids is 1. The minimum atomic E-state index is -5.08. The molecule has 0 aromatic rings. The second-order valence-electron chi connectivity index (χ2n) is 15.4. The number of carboxylic acids is 1. The van der Waals surface area contributed by atoms with Gasteiger partial charge in [0.05, 0.1) is 0 Å². The zero-order valence-electron chi connectivity index (χ0n) is 28.6. The van der Waals surface area contributed by atoms with Gasteiger partial charge in [-0.2, -0.15) is 13.2 Å². The molecule has 6 aliphatic carbocycles. The minimum Gasteiger partial charge on any atom is -0.475 e. The van der Waals surface area contributed by atoms with Crippen molar-refractivity contribution >= 4 is 21.8 Å². The van der Waals surface area contributed by atoms with Gasteiger partial charge in [-0.15, -0.1) is 0 Å². The van der Waals surface area contributed by atoms with Crippen LogP contribution in [-0.4, -0.2) is 51.2 Å². The van der Waals surface area contributed by atoms with Gasteiger partial charge in [0.15, 0.2) is 0 Å². The van der Waals surface area contributed by atoms with E-state index in [4.69, 9.17) is 9.90 Å². The van der Waals surface area contributed by atoms with Crippen molar-refractivity contribution in [1.82, 2.24) is 0 Å². The molecule has 6 aliphatic rings. The predicted octanol–water partition coefficient (Wildman–Crippen LogP) is 13.6. The van der Waals surface area contributed by atoms with Crippen molar-refractivity contribution in [3.8, 4) is 0 Å². The fourth-order valence-electron chi connectivity index (χ4n) is 10.1. The van der Waals surface area contributed by atoms with Crippen LogP contribution in [0.25, 0.3) is 0 Å². The Bertz CT molecular complexity index is 648. The summed E-state index contributed by atoms with van der Waals surface area (Å²) >= 11 is 0. The summed E-state index contributed by atoms with van der Waals surface area (Å²) in [7, 11) is 0.770. The molecule has 45 heavy (non-hydrogen) atoms. The number of hydrogen-bond donors (Lipinski definition) is 1. The number of halogens is 3. The summed E-state index contributed by atoms with van der Waals surface area (Å²) in [5, 5.41) is 7.12. The maximum absolute atomic E-state index is 10.6. The standard InChI is InChI=1S/2C18H33P.C2HF3O2/c2*1-4-10-16(11-5-1)19(17-12-6-2-7-13-17)18-14-8-3-9-15-18;3-2(4,5)1(6)7/h2*16-18H,1-15H2;(H,6,7). The molecule has 262 valence electrons. The highest BCUT2D eigenvalue weighted by atomic mass is 31.1. The van der Waals surface area contributed by atoms with E-state index in [-0.39, 0.29) is 0 Å². The van der Waals surface area contributed by atoms with Crippen LogP contribution < -0.4 is 0 Å². The number of carboxylic acid groups (broad SMARTS) is 1. The Morgan fingerprint density at radius 3 is 0.622 bits per heavy atom. The first-order valence-corrected chi connectivity index (χ1v) is 22.8. The largest absolute Gasteiger partial charge is 0.490 e. The van der Waals surface area contributed by atoms with Crippen LogP contribution in [0.1, 0.15) is 193 Å². The monoisotopic (exact) mass is 674 g/mol. The van der Waals surface area contributed by atoms with Crippen molar-refractivity contribution in [2.45, 2.75) is 233 Å². The molecule has 0 spiro atoms. The summed E-state index contributed by atoms with van der Waals surface area (Å²) in [5.41, 5.74) is 7.14. The van der Waals surface area contributed by atoms with E-state index >= 15 is 0 Å². The van der Waals surface area contributed by atoms with Crippen LogP contribution in [-0.2, 0) is 4.79 Å². The Hall–Kier alpha value is 0.120. The van der Waals surface area contributed by atoms with E-state index in [9.17, 15) is 13.2 Å². The molecule has 0 atom stereocenters. The van der Waals surface area contributed by atoms with Gasteiger partial charge in [0.2, 0.25) is 0 Å². The quantitative estimate of drug-likeness (QED) is 0.285. The van der Waals surface area contributed by atoms with E-state index in [0.29, 0.717) is 15.8 Å². The first kappa shape index (κ1) is 37.9. The zero-order chi connectivity index (χ0) is 31.9. The van der Waals surface area contributed by atoms with Gasteiger partial charge >= 0.3 is 12.1 Å². The maximum Gasteiger partial charge on any atom is 0.490 e. The molecule has 0 amide bonds. The van der Waals surface area contributed by atoms with Crippen LogP contribution in [0.2, 0.25) is 0 Å². The lowest BCUT2D eigenvalue weighted by Gasteiger charge is -2.44. The number of hydrogen-bond acceptors (Lipinski definition) is 1. The van der Waals surface area contributed by atoms with Gasteiger partial charge in [-0.25, -0.2) is 4.79 Å². The first-order chi connectivity index (χ1) is 21.8. The third kappa shape index (κ3) is 12.8. The van der Waals surface area contributed by atoms with Crippen LogP contribution in [0, 0.1) is 0 Å².